The van der Waals surface area contributed by atoms with E-state index in [-0.39, 0.29) is 17.6 Å². The topological polar surface area (TPSA) is 74.0 Å². The molecule has 0 fully saturated rings. The molecule has 2 rings (SSSR count). The van der Waals surface area contributed by atoms with E-state index in [4.69, 9.17) is 0 Å². The van der Waals surface area contributed by atoms with Crippen molar-refractivity contribution in [2.24, 2.45) is 0 Å². The smallest absolute Gasteiger partial charge is 0.315 e. The van der Waals surface area contributed by atoms with Gasteiger partial charge in [-0.1, -0.05) is 6.07 Å². The molecule has 1 heterocycles. The lowest BCUT2D eigenvalue weighted by molar-refractivity contribution is 0.238. The molecule has 0 unspecified atom stereocenters. The lowest BCUT2D eigenvalue weighted by Gasteiger charge is -2.10. The number of amides is 2. The first-order valence-corrected chi connectivity index (χ1v) is 6.62. The lowest BCUT2D eigenvalue weighted by atomic mass is 10.1. The van der Waals surface area contributed by atoms with Crippen molar-refractivity contribution in [3.8, 4) is 0 Å². The van der Waals surface area contributed by atoms with Crippen molar-refractivity contribution in [1.29, 1.82) is 0 Å². The number of hydrogen-bond donors (Lipinski definition) is 3. The fraction of sp³-hybridized carbons (Fsp3) is 0.333. The lowest BCUT2D eigenvalue weighted by Crippen LogP contribution is -2.39. The Kier molecular flexibility index (Phi) is 4.08. The highest BCUT2D eigenvalue weighted by atomic mass is 16.2. The summed E-state index contributed by atoms with van der Waals surface area (Å²) in [7, 11) is 0. The van der Waals surface area contributed by atoms with Gasteiger partial charge >= 0.3 is 6.03 Å². The molecule has 0 saturated carbocycles. The molecule has 106 valence electrons. The van der Waals surface area contributed by atoms with E-state index in [0.29, 0.717) is 12.1 Å². The van der Waals surface area contributed by atoms with Gasteiger partial charge in [-0.3, -0.25) is 4.79 Å². The highest BCUT2D eigenvalue weighted by molar-refractivity contribution is 5.80. The first-order chi connectivity index (χ1) is 9.45. The van der Waals surface area contributed by atoms with Gasteiger partial charge in [0, 0.05) is 23.7 Å². The molecule has 0 bridgehead atoms. The second-order valence-corrected chi connectivity index (χ2v) is 5.18. The van der Waals surface area contributed by atoms with Crippen LogP contribution >= 0.6 is 0 Å². The third-order valence-corrected chi connectivity index (χ3v) is 2.97. The maximum atomic E-state index is 11.5. The Bertz CT molecular complexity index is 689. The number of aromatic amines is 1. The van der Waals surface area contributed by atoms with Crippen LogP contribution < -0.4 is 16.2 Å². The van der Waals surface area contributed by atoms with Crippen LogP contribution in [-0.4, -0.2) is 17.1 Å². The van der Waals surface area contributed by atoms with E-state index in [9.17, 15) is 9.59 Å². The first kappa shape index (κ1) is 14.1. The average Bonchev–Trinajstić information content (AvgIpc) is 2.37. The maximum Gasteiger partial charge on any atom is 0.315 e. The zero-order valence-corrected chi connectivity index (χ0v) is 11.9. The van der Waals surface area contributed by atoms with Gasteiger partial charge in [0.05, 0.1) is 0 Å². The number of carbonyl (C=O) groups is 1. The van der Waals surface area contributed by atoms with Gasteiger partial charge in [0.2, 0.25) is 0 Å². The molecule has 0 aliphatic carbocycles. The van der Waals surface area contributed by atoms with Crippen molar-refractivity contribution in [3.05, 3.63) is 45.7 Å². The molecular formula is C15H19N3O2. The van der Waals surface area contributed by atoms with E-state index in [0.717, 1.165) is 16.5 Å². The number of urea groups is 1. The van der Waals surface area contributed by atoms with E-state index in [1.54, 1.807) is 6.92 Å². The van der Waals surface area contributed by atoms with Gasteiger partial charge in [-0.25, -0.2) is 4.79 Å². The summed E-state index contributed by atoms with van der Waals surface area (Å²) in [4.78, 5) is 25.9. The molecule has 0 spiro atoms. The maximum absolute atomic E-state index is 11.5. The number of aromatic nitrogens is 1. The number of H-pyrrole nitrogens is 1. The molecule has 0 aliphatic rings. The first-order valence-electron chi connectivity index (χ1n) is 6.62. The Morgan fingerprint density at radius 1 is 1.30 bits per heavy atom. The van der Waals surface area contributed by atoms with Crippen molar-refractivity contribution >= 4 is 16.9 Å². The van der Waals surface area contributed by atoms with E-state index in [1.807, 2.05) is 38.1 Å². The fourth-order valence-corrected chi connectivity index (χ4v) is 1.97. The zero-order valence-electron chi connectivity index (χ0n) is 11.9. The summed E-state index contributed by atoms with van der Waals surface area (Å²) in [6.45, 7) is 6.05. The van der Waals surface area contributed by atoms with Crippen LogP contribution in [0.1, 0.15) is 25.0 Å². The van der Waals surface area contributed by atoms with Gasteiger partial charge in [0.15, 0.2) is 0 Å². The Balaban J connectivity index is 2.14. The fourth-order valence-electron chi connectivity index (χ4n) is 1.97. The molecule has 5 nitrogen and oxygen atoms in total. The average molecular weight is 273 g/mol. The van der Waals surface area contributed by atoms with Crippen molar-refractivity contribution in [2.75, 3.05) is 0 Å². The van der Waals surface area contributed by atoms with Gasteiger partial charge in [0.1, 0.15) is 0 Å². The molecule has 0 atom stereocenters. The summed E-state index contributed by atoms with van der Waals surface area (Å²) in [6.07, 6.45) is 0. The quantitative estimate of drug-likeness (QED) is 0.800. The van der Waals surface area contributed by atoms with Gasteiger partial charge in [0.25, 0.3) is 5.56 Å². The van der Waals surface area contributed by atoms with Crippen LogP contribution in [0.4, 0.5) is 4.79 Å². The van der Waals surface area contributed by atoms with Crippen LogP contribution in [0.15, 0.2) is 29.1 Å². The number of carbonyl (C=O) groups excluding carboxylic acids is 1. The molecule has 2 amide bonds. The Hall–Kier alpha value is -2.30. The monoisotopic (exact) mass is 273 g/mol. The Morgan fingerprint density at radius 3 is 2.75 bits per heavy atom. The van der Waals surface area contributed by atoms with E-state index >= 15 is 0 Å². The molecule has 0 saturated heterocycles. The predicted molar refractivity (Wildman–Crippen MR) is 79.8 cm³/mol. The number of fused-ring (bicyclic) bond motifs is 1. The molecule has 5 heteroatoms. The minimum Gasteiger partial charge on any atom is -0.336 e. The van der Waals surface area contributed by atoms with E-state index < -0.39 is 0 Å². The second kappa shape index (κ2) is 5.77. The summed E-state index contributed by atoms with van der Waals surface area (Å²) in [5.41, 5.74) is 2.40. The molecule has 0 aliphatic heterocycles. The van der Waals surface area contributed by atoms with Crippen LogP contribution in [0, 0.1) is 6.92 Å². The number of benzene rings is 1. The Labute approximate surface area is 117 Å². The number of hydrogen-bond acceptors (Lipinski definition) is 2. The number of pyridine rings is 1. The van der Waals surface area contributed by atoms with Gasteiger partial charge in [-0.05, 0) is 49.9 Å². The van der Waals surface area contributed by atoms with Crippen molar-refractivity contribution < 1.29 is 4.79 Å². The minimum atomic E-state index is -0.183. The highest BCUT2D eigenvalue weighted by Crippen LogP contribution is 2.13. The molecule has 20 heavy (non-hydrogen) atoms. The van der Waals surface area contributed by atoms with Crippen LogP contribution in [-0.2, 0) is 6.54 Å². The number of rotatable bonds is 3. The third-order valence-electron chi connectivity index (χ3n) is 2.97. The normalized spacial score (nSPS) is 10.8. The Morgan fingerprint density at radius 2 is 2.05 bits per heavy atom. The molecular weight excluding hydrogens is 254 g/mol. The van der Waals surface area contributed by atoms with Crippen LogP contribution in [0.5, 0.6) is 0 Å². The number of aryl methyl sites for hydroxylation is 1. The minimum absolute atomic E-state index is 0.0697. The number of nitrogens with one attached hydrogen (secondary N) is 3. The van der Waals surface area contributed by atoms with Crippen LogP contribution in [0.25, 0.3) is 10.9 Å². The summed E-state index contributed by atoms with van der Waals surface area (Å²) < 4.78 is 0. The SMILES string of the molecule is Cc1cc2cc(CNC(=O)NC(C)C)ccc2[nH]c1=O. The predicted octanol–water partition coefficient (Wildman–Crippen LogP) is 2.04. The summed E-state index contributed by atoms with van der Waals surface area (Å²) in [5.74, 6) is 0. The van der Waals surface area contributed by atoms with Crippen molar-refractivity contribution in [3.63, 3.8) is 0 Å². The molecule has 1 aromatic carbocycles. The third kappa shape index (κ3) is 3.38. The second-order valence-electron chi connectivity index (χ2n) is 5.18. The van der Waals surface area contributed by atoms with E-state index in [1.165, 1.54) is 0 Å². The van der Waals surface area contributed by atoms with E-state index in [2.05, 4.69) is 15.6 Å². The van der Waals surface area contributed by atoms with Gasteiger partial charge < -0.3 is 15.6 Å². The molecule has 3 N–H and O–H groups in total. The standard InChI is InChI=1S/C15H19N3O2/c1-9(2)17-15(20)16-8-11-4-5-13-12(7-11)6-10(3)14(19)18-13/h4-7,9H,8H2,1-3H3,(H,18,19)(H2,16,17,20). The molecule has 2 aromatic rings. The molecule has 1 aromatic heterocycles. The van der Waals surface area contributed by atoms with Crippen molar-refractivity contribution in [2.45, 2.75) is 33.4 Å². The highest BCUT2D eigenvalue weighted by Gasteiger charge is 2.04. The molecule has 0 radical (unpaired) electrons. The van der Waals surface area contributed by atoms with Gasteiger partial charge in [-0.2, -0.15) is 0 Å². The van der Waals surface area contributed by atoms with Crippen molar-refractivity contribution in [1.82, 2.24) is 15.6 Å². The van der Waals surface area contributed by atoms with Crippen LogP contribution in [0.2, 0.25) is 0 Å². The summed E-state index contributed by atoms with van der Waals surface area (Å²) in [5, 5.41) is 6.53. The summed E-state index contributed by atoms with van der Waals surface area (Å²) >= 11 is 0. The largest absolute Gasteiger partial charge is 0.336 e. The zero-order chi connectivity index (χ0) is 14.7. The summed E-state index contributed by atoms with van der Waals surface area (Å²) in [6, 6.07) is 7.49. The van der Waals surface area contributed by atoms with Gasteiger partial charge in [-0.15, -0.1) is 0 Å². The van der Waals surface area contributed by atoms with Crippen LogP contribution in [0.3, 0.4) is 0 Å².